The summed E-state index contributed by atoms with van der Waals surface area (Å²) >= 11 is 0. The van der Waals surface area contributed by atoms with Gasteiger partial charge in [-0.2, -0.15) is 0 Å². The second-order valence-electron chi connectivity index (χ2n) is 6.82. The van der Waals surface area contributed by atoms with Crippen LogP contribution in [-0.2, 0) is 4.79 Å². The van der Waals surface area contributed by atoms with Gasteiger partial charge in [-0.1, -0.05) is 26.7 Å². The quantitative estimate of drug-likeness (QED) is 0.788. The minimum Gasteiger partial charge on any atom is -0.353 e. The smallest absolute Gasteiger partial charge is 0.226 e. The Labute approximate surface area is 111 Å². The first kappa shape index (κ1) is 13.9. The fourth-order valence-electron chi connectivity index (χ4n) is 2.98. The molecule has 3 heteroatoms. The maximum atomic E-state index is 12.4. The average molecular weight is 252 g/mol. The van der Waals surface area contributed by atoms with Crippen molar-refractivity contribution in [2.24, 2.45) is 17.3 Å². The molecule has 1 amide bonds. The maximum absolute atomic E-state index is 12.4. The molecule has 1 aliphatic carbocycles. The van der Waals surface area contributed by atoms with Crippen molar-refractivity contribution in [2.45, 2.75) is 58.9 Å². The topological polar surface area (TPSA) is 41.1 Å². The molecule has 3 nitrogen and oxygen atoms in total. The maximum Gasteiger partial charge on any atom is 0.226 e. The molecule has 0 aromatic heterocycles. The highest BCUT2D eigenvalue weighted by atomic mass is 16.2. The van der Waals surface area contributed by atoms with Gasteiger partial charge in [0.25, 0.3) is 0 Å². The van der Waals surface area contributed by atoms with E-state index in [2.05, 4.69) is 31.4 Å². The first-order valence-electron chi connectivity index (χ1n) is 7.52. The van der Waals surface area contributed by atoms with Crippen molar-refractivity contribution >= 4 is 5.91 Å². The van der Waals surface area contributed by atoms with Crippen LogP contribution < -0.4 is 10.6 Å². The molecule has 0 aromatic carbocycles. The summed E-state index contributed by atoms with van der Waals surface area (Å²) in [5, 5.41) is 6.63. The van der Waals surface area contributed by atoms with E-state index in [4.69, 9.17) is 0 Å². The van der Waals surface area contributed by atoms with Crippen molar-refractivity contribution in [3.05, 3.63) is 0 Å². The molecule has 1 saturated heterocycles. The van der Waals surface area contributed by atoms with Gasteiger partial charge in [0, 0.05) is 11.5 Å². The van der Waals surface area contributed by atoms with Gasteiger partial charge in [-0.05, 0) is 51.1 Å². The van der Waals surface area contributed by atoms with Gasteiger partial charge in [-0.3, -0.25) is 4.79 Å². The number of nitrogens with one attached hydrogen (secondary N) is 2. The van der Waals surface area contributed by atoms with E-state index in [1.807, 2.05) is 0 Å². The molecule has 0 radical (unpaired) electrons. The van der Waals surface area contributed by atoms with Gasteiger partial charge >= 0.3 is 0 Å². The summed E-state index contributed by atoms with van der Waals surface area (Å²) in [5.74, 6) is 1.59. The molecule has 2 atom stereocenters. The van der Waals surface area contributed by atoms with Crippen LogP contribution in [0.25, 0.3) is 0 Å². The van der Waals surface area contributed by atoms with Crippen molar-refractivity contribution in [1.29, 1.82) is 0 Å². The number of carbonyl (C=O) groups is 1. The number of piperidine rings is 1. The molecule has 104 valence electrons. The number of amides is 1. The molecule has 1 heterocycles. The summed E-state index contributed by atoms with van der Waals surface area (Å²) in [4.78, 5) is 12.4. The SMILES string of the molecule is CC(CC1CC1)NC(=O)C(C)(C)C1CCCNC1. The molecular weight excluding hydrogens is 224 g/mol. The molecular formula is C15H28N2O. The molecule has 0 bridgehead atoms. The van der Waals surface area contributed by atoms with Gasteiger partial charge in [0.15, 0.2) is 0 Å². The van der Waals surface area contributed by atoms with Crippen LogP contribution >= 0.6 is 0 Å². The van der Waals surface area contributed by atoms with Crippen molar-refractivity contribution in [3.8, 4) is 0 Å². The highest BCUT2D eigenvalue weighted by molar-refractivity contribution is 5.82. The predicted molar refractivity (Wildman–Crippen MR) is 74.3 cm³/mol. The molecule has 2 fully saturated rings. The van der Waals surface area contributed by atoms with Crippen molar-refractivity contribution in [1.82, 2.24) is 10.6 Å². The third-order valence-corrected chi connectivity index (χ3v) is 4.66. The minimum absolute atomic E-state index is 0.240. The normalized spacial score (nSPS) is 26.7. The minimum atomic E-state index is -0.245. The highest BCUT2D eigenvalue weighted by Crippen LogP contribution is 2.35. The van der Waals surface area contributed by atoms with Crippen molar-refractivity contribution < 1.29 is 4.79 Å². The second kappa shape index (κ2) is 5.60. The molecule has 1 saturated carbocycles. The standard InChI is InChI=1S/C15H28N2O/c1-11(9-12-6-7-12)17-14(18)15(2,3)13-5-4-8-16-10-13/h11-13,16H,4-10H2,1-3H3,(H,17,18). The first-order valence-corrected chi connectivity index (χ1v) is 7.52. The van der Waals surface area contributed by atoms with Crippen LogP contribution in [-0.4, -0.2) is 25.0 Å². The average Bonchev–Trinajstić information content (AvgIpc) is 3.13. The van der Waals surface area contributed by atoms with Gasteiger partial charge in [0.1, 0.15) is 0 Å². The summed E-state index contributed by atoms with van der Waals surface area (Å²) in [5.41, 5.74) is -0.245. The summed E-state index contributed by atoms with van der Waals surface area (Å²) in [6.07, 6.45) is 6.24. The Morgan fingerprint density at radius 1 is 1.39 bits per heavy atom. The molecule has 18 heavy (non-hydrogen) atoms. The zero-order valence-electron chi connectivity index (χ0n) is 12.1. The molecule has 0 spiro atoms. The molecule has 1 aliphatic heterocycles. The van der Waals surface area contributed by atoms with Gasteiger partial charge in [0.2, 0.25) is 5.91 Å². The van der Waals surface area contributed by atoms with Crippen LogP contribution in [0.2, 0.25) is 0 Å². The van der Waals surface area contributed by atoms with E-state index in [1.165, 1.54) is 25.7 Å². The largest absolute Gasteiger partial charge is 0.353 e. The Hall–Kier alpha value is -0.570. The van der Waals surface area contributed by atoms with Crippen LogP contribution in [0.15, 0.2) is 0 Å². The van der Waals surface area contributed by atoms with Crippen LogP contribution in [0.5, 0.6) is 0 Å². The van der Waals surface area contributed by atoms with Gasteiger partial charge < -0.3 is 10.6 Å². The Kier molecular flexibility index (Phi) is 4.31. The van der Waals surface area contributed by atoms with Crippen LogP contribution in [0.1, 0.15) is 52.9 Å². The molecule has 2 unspecified atom stereocenters. The summed E-state index contributed by atoms with van der Waals surface area (Å²) in [7, 11) is 0. The summed E-state index contributed by atoms with van der Waals surface area (Å²) in [6, 6.07) is 0.334. The van der Waals surface area contributed by atoms with Gasteiger partial charge in [-0.25, -0.2) is 0 Å². The third kappa shape index (κ3) is 3.47. The number of hydrogen-bond donors (Lipinski definition) is 2. The molecule has 2 rings (SSSR count). The van der Waals surface area contributed by atoms with Gasteiger partial charge in [0.05, 0.1) is 0 Å². The Morgan fingerprint density at radius 2 is 2.11 bits per heavy atom. The monoisotopic (exact) mass is 252 g/mol. The lowest BCUT2D eigenvalue weighted by molar-refractivity contribution is -0.133. The summed E-state index contributed by atoms with van der Waals surface area (Å²) in [6.45, 7) is 8.43. The number of carbonyl (C=O) groups excluding carboxylic acids is 1. The van der Waals surface area contributed by atoms with E-state index < -0.39 is 0 Å². The molecule has 0 aromatic rings. The zero-order chi connectivity index (χ0) is 13.2. The summed E-state index contributed by atoms with van der Waals surface area (Å²) < 4.78 is 0. The number of rotatable bonds is 5. The van der Waals surface area contributed by atoms with Crippen molar-refractivity contribution in [2.75, 3.05) is 13.1 Å². The first-order chi connectivity index (χ1) is 8.50. The highest BCUT2D eigenvalue weighted by Gasteiger charge is 2.38. The fourth-order valence-corrected chi connectivity index (χ4v) is 2.98. The molecule has 2 N–H and O–H groups in total. The molecule has 2 aliphatic rings. The third-order valence-electron chi connectivity index (χ3n) is 4.66. The lowest BCUT2D eigenvalue weighted by atomic mass is 9.74. The van der Waals surface area contributed by atoms with E-state index >= 15 is 0 Å². The van der Waals surface area contributed by atoms with E-state index in [9.17, 15) is 4.79 Å². The number of hydrogen-bond acceptors (Lipinski definition) is 2. The van der Waals surface area contributed by atoms with E-state index in [0.717, 1.165) is 25.4 Å². The lowest BCUT2D eigenvalue weighted by Gasteiger charge is -2.36. The van der Waals surface area contributed by atoms with E-state index in [0.29, 0.717) is 12.0 Å². The predicted octanol–water partition coefficient (Wildman–Crippen LogP) is 2.32. The fraction of sp³-hybridized carbons (Fsp3) is 0.933. The van der Waals surface area contributed by atoms with Crippen LogP contribution in [0, 0.1) is 17.3 Å². The second-order valence-corrected chi connectivity index (χ2v) is 6.82. The van der Waals surface area contributed by atoms with E-state index in [-0.39, 0.29) is 11.3 Å². The Bertz CT molecular complexity index is 291. The van der Waals surface area contributed by atoms with Crippen molar-refractivity contribution in [3.63, 3.8) is 0 Å². The Balaban J connectivity index is 1.84. The van der Waals surface area contributed by atoms with E-state index in [1.54, 1.807) is 0 Å². The van der Waals surface area contributed by atoms with Gasteiger partial charge in [-0.15, -0.1) is 0 Å². The van der Waals surface area contributed by atoms with Crippen LogP contribution in [0.3, 0.4) is 0 Å². The van der Waals surface area contributed by atoms with Crippen LogP contribution in [0.4, 0.5) is 0 Å². The lowest BCUT2D eigenvalue weighted by Crippen LogP contribution is -2.49. The zero-order valence-corrected chi connectivity index (χ0v) is 12.1. The Morgan fingerprint density at radius 3 is 2.67 bits per heavy atom.